The molecular formula is C18H23N5O. The van der Waals surface area contributed by atoms with E-state index in [9.17, 15) is 4.79 Å². The number of carbonyl (C=O) groups is 1. The fourth-order valence-corrected chi connectivity index (χ4v) is 3.12. The molecule has 3 heterocycles. The Bertz CT molecular complexity index is 623. The lowest BCUT2D eigenvalue weighted by Gasteiger charge is -2.33. The summed E-state index contributed by atoms with van der Waals surface area (Å²) in [6, 6.07) is 4.30. The molecule has 0 aliphatic carbocycles. The molecule has 6 nitrogen and oxygen atoms in total. The van der Waals surface area contributed by atoms with Gasteiger partial charge in [-0.1, -0.05) is 0 Å². The number of nitrogens with one attached hydrogen (secondary N) is 1. The number of amides is 1. The van der Waals surface area contributed by atoms with Crippen molar-refractivity contribution in [2.24, 2.45) is 10.2 Å². The average Bonchev–Trinajstić information content (AvgIpc) is 3.40. The topological polar surface area (TPSA) is 70.0 Å². The van der Waals surface area contributed by atoms with Crippen molar-refractivity contribution in [3.63, 3.8) is 0 Å². The van der Waals surface area contributed by atoms with E-state index in [0.29, 0.717) is 19.3 Å². The number of terminal acetylenes is 1. The van der Waals surface area contributed by atoms with Crippen molar-refractivity contribution in [2.45, 2.75) is 50.2 Å². The zero-order valence-electron chi connectivity index (χ0n) is 13.8. The Balaban J connectivity index is 1.37. The zero-order valence-corrected chi connectivity index (χ0v) is 13.8. The highest BCUT2D eigenvalue weighted by Crippen LogP contribution is 2.37. The van der Waals surface area contributed by atoms with Gasteiger partial charge < -0.3 is 10.2 Å². The Morgan fingerprint density at radius 1 is 1.29 bits per heavy atom. The molecule has 6 heteroatoms. The molecule has 1 saturated heterocycles. The number of piperidine rings is 1. The Morgan fingerprint density at radius 3 is 2.62 bits per heavy atom. The molecule has 2 aliphatic rings. The number of anilines is 1. The summed E-state index contributed by atoms with van der Waals surface area (Å²) >= 11 is 0. The van der Waals surface area contributed by atoms with Gasteiger partial charge in [0, 0.05) is 62.9 Å². The molecule has 1 N–H and O–H groups in total. The lowest BCUT2D eigenvalue weighted by atomic mass is 10.0. The molecular weight excluding hydrogens is 302 g/mol. The molecule has 1 aromatic rings. The molecule has 3 rings (SSSR count). The molecule has 0 saturated carbocycles. The van der Waals surface area contributed by atoms with Crippen LogP contribution in [0, 0.1) is 12.3 Å². The van der Waals surface area contributed by atoms with Crippen molar-refractivity contribution >= 4 is 11.6 Å². The predicted molar refractivity (Wildman–Crippen MR) is 92.5 cm³/mol. The van der Waals surface area contributed by atoms with Crippen molar-refractivity contribution in [3.8, 4) is 12.3 Å². The zero-order chi connectivity index (χ0) is 16.8. The average molecular weight is 325 g/mol. The number of hydrogen-bond donors (Lipinski definition) is 1. The smallest absolute Gasteiger partial charge is 0.220 e. The molecule has 1 fully saturated rings. The van der Waals surface area contributed by atoms with Crippen LogP contribution < -0.4 is 10.2 Å². The minimum atomic E-state index is -0.367. The number of rotatable bonds is 7. The Labute approximate surface area is 142 Å². The summed E-state index contributed by atoms with van der Waals surface area (Å²) in [5.41, 5.74) is 0.830. The summed E-state index contributed by atoms with van der Waals surface area (Å²) in [5.74, 6) is 2.70. The maximum Gasteiger partial charge on any atom is 0.220 e. The lowest BCUT2D eigenvalue weighted by Crippen LogP contribution is -2.44. The predicted octanol–water partition coefficient (Wildman–Crippen LogP) is 2.52. The first kappa shape index (κ1) is 16.4. The van der Waals surface area contributed by atoms with E-state index in [2.05, 4.69) is 31.3 Å². The summed E-state index contributed by atoms with van der Waals surface area (Å²) in [6.07, 6.45) is 13.4. The fourth-order valence-electron chi connectivity index (χ4n) is 3.12. The first-order chi connectivity index (χ1) is 11.7. The van der Waals surface area contributed by atoms with E-state index in [1.54, 1.807) is 0 Å². The molecule has 0 aromatic carbocycles. The van der Waals surface area contributed by atoms with Gasteiger partial charge in [0.2, 0.25) is 5.91 Å². The van der Waals surface area contributed by atoms with Crippen LogP contribution >= 0.6 is 0 Å². The van der Waals surface area contributed by atoms with Gasteiger partial charge in [0.15, 0.2) is 5.66 Å². The summed E-state index contributed by atoms with van der Waals surface area (Å²) in [5, 5.41) is 11.3. The molecule has 0 bridgehead atoms. The molecule has 0 radical (unpaired) electrons. The molecule has 1 amide bonds. The second kappa shape index (κ2) is 7.43. The second-order valence-corrected chi connectivity index (χ2v) is 6.42. The van der Waals surface area contributed by atoms with Crippen LogP contribution in [0.5, 0.6) is 0 Å². The van der Waals surface area contributed by atoms with Crippen LogP contribution in [0.1, 0.15) is 38.5 Å². The summed E-state index contributed by atoms with van der Waals surface area (Å²) in [7, 11) is 0. The third kappa shape index (κ3) is 4.31. The standard InChI is InChI=1S/C18H23N5O/c1-2-3-9-18(21-22-18)10-4-17(24)20-15-7-13-23(14-8-15)16-5-11-19-12-6-16/h1,5-6,11-12,15H,3-4,7-10,13-14H2,(H,20,24). The molecule has 1 aromatic heterocycles. The van der Waals surface area contributed by atoms with Crippen LogP contribution in [0.2, 0.25) is 0 Å². The van der Waals surface area contributed by atoms with E-state index in [1.807, 2.05) is 24.5 Å². The van der Waals surface area contributed by atoms with Crippen molar-refractivity contribution in [1.29, 1.82) is 0 Å². The van der Waals surface area contributed by atoms with Crippen molar-refractivity contribution in [1.82, 2.24) is 10.3 Å². The van der Waals surface area contributed by atoms with E-state index < -0.39 is 0 Å². The van der Waals surface area contributed by atoms with Gasteiger partial charge in [-0.2, -0.15) is 10.2 Å². The van der Waals surface area contributed by atoms with Crippen molar-refractivity contribution < 1.29 is 4.79 Å². The van der Waals surface area contributed by atoms with Crippen LogP contribution in [-0.4, -0.2) is 35.7 Å². The first-order valence-corrected chi connectivity index (χ1v) is 8.53. The number of pyridine rings is 1. The van der Waals surface area contributed by atoms with Gasteiger partial charge in [0.1, 0.15) is 0 Å². The van der Waals surface area contributed by atoms with E-state index in [-0.39, 0.29) is 17.6 Å². The highest BCUT2D eigenvalue weighted by molar-refractivity contribution is 5.76. The second-order valence-electron chi connectivity index (χ2n) is 6.42. The van der Waals surface area contributed by atoms with Gasteiger partial charge in [-0.05, 0) is 25.0 Å². The summed E-state index contributed by atoms with van der Waals surface area (Å²) in [4.78, 5) is 18.5. The van der Waals surface area contributed by atoms with Gasteiger partial charge in [0.25, 0.3) is 0 Å². The third-order valence-electron chi connectivity index (χ3n) is 4.69. The van der Waals surface area contributed by atoms with Crippen LogP contribution in [0.15, 0.2) is 34.8 Å². The van der Waals surface area contributed by atoms with Gasteiger partial charge in [-0.25, -0.2) is 0 Å². The normalized spacial score (nSPS) is 18.9. The first-order valence-electron chi connectivity index (χ1n) is 8.53. The van der Waals surface area contributed by atoms with Gasteiger partial charge in [-0.3, -0.25) is 9.78 Å². The fraction of sp³-hybridized carbons (Fsp3) is 0.556. The van der Waals surface area contributed by atoms with E-state index >= 15 is 0 Å². The molecule has 126 valence electrons. The SMILES string of the molecule is C#CCCC1(CCC(=O)NC2CCN(c3ccncc3)CC2)N=N1. The Hall–Kier alpha value is -2.42. The minimum Gasteiger partial charge on any atom is -0.371 e. The third-order valence-corrected chi connectivity index (χ3v) is 4.69. The van der Waals surface area contributed by atoms with E-state index in [1.165, 1.54) is 5.69 Å². The Kier molecular flexibility index (Phi) is 5.09. The monoisotopic (exact) mass is 325 g/mol. The van der Waals surface area contributed by atoms with Crippen molar-refractivity contribution in [2.75, 3.05) is 18.0 Å². The minimum absolute atomic E-state index is 0.0924. The van der Waals surface area contributed by atoms with E-state index in [4.69, 9.17) is 6.42 Å². The van der Waals surface area contributed by atoms with Crippen LogP contribution in [0.25, 0.3) is 0 Å². The summed E-state index contributed by atoms with van der Waals surface area (Å²) < 4.78 is 0. The van der Waals surface area contributed by atoms with E-state index in [0.717, 1.165) is 32.4 Å². The number of nitrogens with zero attached hydrogens (tertiary/aromatic N) is 4. The Morgan fingerprint density at radius 2 is 2.00 bits per heavy atom. The quantitative estimate of drug-likeness (QED) is 0.783. The lowest BCUT2D eigenvalue weighted by molar-refractivity contribution is -0.122. The summed E-state index contributed by atoms with van der Waals surface area (Å²) in [6.45, 7) is 1.90. The molecule has 2 aliphatic heterocycles. The van der Waals surface area contributed by atoms with Crippen molar-refractivity contribution in [3.05, 3.63) is 24.5 Å². The molecule has 0 atom stereocenters. The van der Waals surface area contributed by atoms with Crippen LogP contribution in [0.3, 0.4) is 0 Å². The number of aromatic nitrogens is 1. The molecule has 0 spiro atoms. The van der Waals surface area contributed by atoms with Gasteiger partial charge >= 0.3 is 0 Å². The highest BCUT2D eigenvalue weighted by atomic mass is 16.1. The maximum absolute atomic E-state index is 12.2. The largest absolute Gasteiger partial charge is 0.371 e. The molecule has 24 heavy (non-hydrogen) atoms. The van der Waals surface area contributed by atoms with Crippen LogP contribution in [0.4, 0.5) is 5.69 Å². The van der Waals surface area contributed by atoms with Gasteiger partial charge in [-0.15, -0.1) is 12.3 Å². The van der Waals surface area contributed by atoms with Crippen LogP contribution in [-0.2, 0) is 4.79 Å². The number of hydrogen-bond acceptors (Lipinski definition) is 5. The molecule has 0 unspecified atom stereocenters. The van der Waals surface area contributed by atoms with Gasteiger partial charge in [0.05, 0.1) is 0 Å². The number of carbonyl (C=O) groups excluding carboxylic acids is 1. The maximum atomic E-state index is 12.2. The highest BCUT2D eigenvalue weighted by Gasteiger charge is 2.39.